The van der Waals surface area contributed by atoms with Crippen molar-refractivity contribution in [2.75, 3.05) is 17.8 Å². The highest BCUT2D eigenvalue weighted by atomic mass is 32.2. The van der Waals surface area contributed by atoms with Gasteiger partial charge in [-0.15, -0.1) is 0 Å². The first-order valence-electron chi connectivity index (χ1n) is 5.30. The number of hydrogen-bond acceptors (Lipinski definition) is 8. The van der Waals surface area contributed by atoms with Gasteiger partial charge in [-0.2, -0.15) is 20.1 Å². The van der Waals surface area contributed by atoms with Crippen LogP contribution in [0.2, 0.25) is 0 Å². The summed E-state index contributed by atoms with van der Waals surface area (Å²) in [5.41, 5.74) is 2.39. The number of nitrogens with two attached hydrogens (primary N) is 1. The summed E-state index contributed by atoms with van der Waals surface area (Å²) < 4.78 is 1.53. The summed E-state index contributed by atoms with van der Waals surface area (Å²) in [6.45, 7) is 0.145. The van der Waals surface area contributed by atoms with Gasteiger partial charge in [0.15, 0.2) is 5.16 Å². The van der Waals surface area contributed by atoms with Crippen LogP contribution in [-0.4, -0.2) is 42.2 Å². The molecule has 2 rings (SSSR count). The maximum Gasteiger partial charge on any atom is 0.256 e. The van der Waals surface area contributed by atoms with Crippen LogP contribution in [0.5, 0.6) is 0 Å². The highest BCUT2D eigenvalue weighted by Crippen LogP contribution is 2.16. The number of rotatable bonds is 6. The van der Waals surface area contributed by atoms with E-state index >= 15 is 0 Å². The zero-order valence-corrected chi connectivity index (χ0v) is 10.3. The molecule has 4 N–H and O–H groups in total. The van der Waals surface area contributed by atoms with Crippen LogP contribution in [0.4, 0.5) is 5.95 Å². The molecule has 0 spiro atoms. The van der Waals surface area contributed by atoms with Crippen molar-refractivity contribution in [2.24, 2.45) is 5.84 Å². The van der Waals surface area contributed by atoms with Gasteiger partial charge in [-0.05, 0) is 12.5 Å². The number of anilines is 1. The van der Waals surface area contributed by atoms with Crippen molar-refractivity contribution >= 4 is 17.7 Å². The predicted molar refractivity (Wildman–Crippen MR) is 67.2 cm³/mol. The second-order valence-corrected chi connectivity index (χ2v) is 4.32. The van der Waals surface area contributed by atoms with Crippen molar-refractivity contribution < 1.29 is 5.11 Å². The van der Waals surface area contributed by atoms with E-state index in [1.165, 1.54) is 16.4 Å². The molecule has 8 nitrogen and oxygen atoms in total. The number of nitrogen functional groups attached to an aromatic ring is 1. The van der Waals surface area contributed by atoms with E-state index in [-0.39, 0.29) is 12.6 Å². The summed E-state index contributed by atoms with van der Waals surface area (Å²) >= 11 is 1.43. The number of nitrogens with zero attached hydrogens (tertiary/aromatic N) is 5. The van der Waals surface area contributed by atoms with Gasteiger partial charge < -0.3 is 5.11 Å². The molecule has 0 saturated heterocycles. The van der Waals surface area contributed by atoms with Crippen LogP contribution in [0.25, 0.3) is 5.95 Å². The minimum Gasteiger partial charge on any atom is -0.396 e. The normalized spacial score (nSPS) is 10.6. The molecule has 2 heterocycles. The summed E-state index contributed by atoms with van der Waals surface area (Å²) in [4.78, 5) is 12.5. The number of nitrogens with one attached hydrogen (secondary N) is 1. The van der Waals surface area contributed by atoms with E-state index in [1.54, 1.807) is 18.5 Å². The van der Waals surface area contributed by atoms with Gasteiger partial charge in [-0.3, -0.25) is 5.43 Å². The van der Waals surface area contributed by atoms with E-state index in [2.05, 4.69) is 25.5 Å². The molecular weight excluding hydrogens is 254 g/mol. The van der Waals surface area contributed by atoms with Gasteiger partial charge in [0.2, 0.25) is 5.95 Å². The van der Waals surface area contributed by atoms with E-state index < -0.39 is 0 Å². The third-order valence-corrected chi connectivity index (χ3v) is 2.91. The number of thioether (sulfide) groups is 1. The van der Waals surface area contributed by atoms with E-state index in [1.807, 2.05) is 0 Å². The number of hydrazine groups is 1. The lowest BCUT2D eigenvalue weighted by Gasteiger charge is -2.05. The SMILES string of the molecule is NNc1nc(SCCCO)nc(-n2cccn2)n1. The lowest BCUT2D eigenvalue weighted by atomic mass is 10.5. The van der Waals surface area contributed by atoms with Gasteiger partial charge in [0.1, 0.15) is 0 Å². The first-order valence-corrected chi connectivity index (χ1v) is 6.28. The molecule has 18 heavy (non-hydrogen) atoms. The molecule has 0 aromatic carbocycles. The fourth-order valence-corrected chi connectivity index (χ4v) is 1.95. The van der Waals surface area contributed by atoms with E-state index in [0.29, 0.717) is 17.5 Å². The molecule has 0 radical (unpaired) electrons. The molecule has 0 saturated carbocycles. The maximum atomic E-state index is 8.74. The minimum atomic E-state index is 0.145. The lowest BCUT2D eigenvalue weighted by molar-refractivity contribution is 0.296. The van der Waals surface area contributed by atoms with Crippen molar-refractivity contribution in [1.82, 2.24) is 24.7 Å². The Bertz CT molecular complexity index is 490. The van der Waals surface area contributed by atoms with Crippen LogP contribution >= 0.6 is 11.8 Å². The van der Waals surface area contributed by atoms with Crippen molar-refractivity contribution in [2.45, 2.75) is 11.6 Å². The van der Waals surface area contributed by atoms with Crippen LogP contribution in [-0.2, 0) is 0 Å². The van der Waals surface area contributed by atoms with Gasteiger partial charge in [-0.25, -0.2) is 10.5 Å². The zero-order chi connectivity index (χ0) is 12.8. The molecule has 0 amide bonds. The fraction of sp³-hybridized carbons (Fsp3) is 0.333. The van der Waals surface area contributed by atoms with E-state index in [9.17, 15) is 0 Å². The Morgan fingerprint density at radius 1 is 1.39 bits per heavy atom. The second kappa shape index (κ2) is 6.28. The first-order chi connectivity index (χ1) is 8.83. The number of aliphatic hydroxyl groups excluding tert-OH is 1. The van der Waals surface area contributed by atoms with E-state index in [0.717, 1.165) is 5.75 Å². The third-order valence-electron chi connectivity index (χ3n) is 1.98. The third kappa shape index (κ3) is 3.15. The Kier molecular flexibility index (Phi) is 4.45. The number of hydrogen-bond donors (Lipinski definition) is 3. The van der Waals surface area contributed by atoms with Crippen molar-refractivity contribution in [3.05, 3.63) is 18.5 Å². The van der Waals surface area contributed by atoms with Crippen molar-refractivity contribution in [3.63, 3.8) is 0 Å². The molecule has 0 atom stereocenters. The Morgan fingerprint density at radius 3 is 2.94 bits per heavy atom. The molecule has 0 aliphatic carbocycles. The summed E-state index contributed by atoms with van der Waals surface area (Å²) in [6, 6.07) is 1.78. The summed E-state index contributed by atoms with van der Waals surface area (Å²) in [7, 11) is 0. The van der Waals surface area contributed by atoms with Crippen LogP contribution in [0.15, 0.2) is 23.6 Å². The van der Waals surface area contributed by atoms with Crippen molar-refractivity contribution in [3.8, 4) is 5.95 Å². The smallest absolute Gasteiger partial charge is 0.256 e. The molecule has 96 valence electrons. The van der Waals surface area contributed by atoms with Crippen molar-refractivity contribution in [1.29, 1.82) is 0 Å². The molecular formula is C9H13N7OS. The molecule has 0 bridgehead atoms. The van der Waals surface area contributed by atoms with Crippen LogP contribution in [0.1, 0.15) is 6.42 Å². The van der Waals surface area contributed by atoms with E-state index in [4.69, 9.17) is 10.9 Å². The number of aromatic nitrogens is 5. The van der Waals surface area contributed by atoms with Crippen LogP contribution in [0, 0.1) is 0 Å². The largest absolute Gasteiger partial charge is 0.396 e. The Hall–Kier alpha value is -1.71. The maximum absolute atomic E-state index is 8.74. The molecule has 9 heteroatoms. The average molecular weight is 267 g/mol. The molecule has 0 aliphatic rings. The molecule has 0 fully saturated rings. The monoisotopic (exact) mass is 267 g/mol. The molecule has 2 aromatic heterocycles. The molecule has 2 aromatic rings. The summed E-state index contributed by atoms with van der Waals surface area (Å²) in [5.74, 6) is 6.72. The lowest BCUT2D eigenvalue weighted by Crippen LogP contribution is -2.14. The zero-order valence-electron chi connectivity index (χ0n) is 9.52. The summed E-state index contributed by atoms with van der Waals surface area (Å²) in [5, 5.41) is 13.3. The molecule has 0 unspecified atom stereocenters. The van der Waals surface area contributed by atoms with Gasteiger partial charge in [-0.1, -0.05) is 11.8 Å². The number of aliphatic hydroxyl groups is 1. The summed E-state index contributed by atoms with van der Waals surface area (Å²) in [6.07, 6.45) is 4.05. The standard InChI is InChI=1S/C9H13N7OS/c10-15-7-12-8(16-4-1-3-11-16)14-9(13-7)18-6-2-5-17/h1,3-4,17H,2,5-6,10H2,(H,12,13,14,15). The first kappa shape index (κ1) is 12.7. The van der Waals surface area contributed by atoms with Gasteiger partial charge >= 0.3 is 0 Å². The average Bonchev–Trinajstić information content (AvgIpc) is 2.92. The van der Waals surface area contributed by atoms with Crippen LogP contribution < -0.4 is 11.3 Å². The minimum absolute atomic E-state index is 0.145. The topological polar surface area (TPSA) is 115 Å². The highest BCUT2D eigenvalue weighted by molar-refractivity contribution is 7.99. The van der Waals surface area contributed by atoms with Gasteiger partial charge in [0.25, 0.3) is 5.95 Å². The van der Waals surface area contributed by atoms with Gasteiger partial charge in [0.05, 0.1) is 0 Å². The predicted octanol–water partition coefficient (Wildman–Crippen LogP) is -0.183. The fourth-order valence-electron chi connectivity index (χ4n) is 1.19. The Morgan fingerprint density at radius 2 is 2.28 bits per heavy atom. The molecule has 0 aliphatic heterocycles. The van der Waals surface area contributed by atoms with Gasteiger partial charge in [0, 0.05) is 24.8 Å². The quantitative estimate of drug-likeness (QED) is 0.286. The van der Waals surface area contributed by atoms with Crippen LogP contribution in [0.3, 0.4) is 0 Å². The second-order valence-electron chi connectivity index (χ2n) is 3.26. The highest BCUT2D eigenvalue weighted by Gasteiger charge is 2.08. The Labute approximate surface area is 108 Å². The Balaban J connectivity index is 2.22.